The molecule has 2 aromatic carbocycles. The molecule has 31 heavy (non-hydrogen) atoms. The van der Waals surface area contributed by atoms with Gasteiger partial charge in [-0.2, -0.15) is 0 Å². The molecule has 7 nitrogen and oxygen atoms in total. The molecular weight excluding hydrogens is 412 g/mol. The Morgan fingerprint density at radius 1 is 1.19 bits per heavy atom. The monoisotopic (exact) mass is 440 g/mol. The van der Waals surface area contributed by atoms with Crippen LogP contribution in [-0.2, 0) is 11.3 Å². The average molecular weight is 441 g/mol. The summed E-state index contributed by atoms with van der Waals surface area (Å²) in [6.45, 7) is 6.07. The molecule has 0 spiro atoms. The lowest BCUT2D eigenvalue weighted by Gasteiger charge is -2.21. The Labute approximate surface area is 187 Å². The third kappa shape index (κ3) is 5.19. The third-order valence-corrected chi connectivity index (χ3v) is 5.13. The number of carbonyl (C=O) groups is 1. The van der Waals surface area contributed by atoms with Gasteiger partial charge >= 0.3 is 5.97 Å². The van der Waals surface area contributed by atoms with E-state index >= 15 is 0 Å². The summed E-state index contributed by atoms with van der Waals surface area (Å²) in [5.74, 6) is 1.01. The van der Waals surface area contributed by atoms with E-state index < -0.39 is 5.60 Å². The minimum atomic E-state index is -0.588. The first-order valence-electron chi connectivity index (χ1n) is 9.92. The van der Waals surface area contributed by atoms with Crippen LogP contribution in [0.5, 0.6) is 5.75 Å². The Kier molecular flexibility index (Phi) is 6.90. The molecule has 0 amide bonds. The van der Waals surface area contributed by atoms with Crippen molar-refractivity contribution in [2.75, 3.05) is 31.0 Å². The molecule has 0 saturated heterocycles. The zero-order chi connectivity index (χ0) is 22.6. The Balaban J connectivity index is 1.99. The molecule has 3 rings (SSSR count). The summed E-state index contributed by atoms with van der Waals surface area (Å²) in [7, 11) is 3.43. The van der Waals surface area contributed by atoms with Crippen molar-refractivity contribution < 1.29 is 14.3 Å². The number of anilines is 2. The molecule has 0 aliphatic carbocycles. The number of carbonyl (C=O) groups excluding carboxylic acids is 1. The zero-order valence-electron chi connectivity index (χ0n) is 18.7. The highest BCUT2D eigenvalue weighted by Gasteiger charge is 2.22. The van der Waals surface area contributed by atoms with Gasteiger partial charge in [0, 0.05) is 41.8 Å². The van der Waals surface area contributed by atoms with Gasteiger partial charge in [-0.25, -0.2) is 14.8 Å². The molecule has 0 fully saturated rings. The zero-order valence-corrected chi connectivity index (χ0v) is 19.5. The van der Waals surface area contributed by atoms with Crippen molar-refractivity contribution in [3.05, 3.63) is 47.7 Å². The van der Waals surface area contributed by atoms with Crippen LogP contribution >= 0.6 is 11.8 Å². The van der Waals surface area contributed by atoms with Crippen LogP contribution in [0.2, 0.25) is 0 Å². The first-order valence-corrected chi connectivity index (χ1v) is 11.1. The van der Waals surface area contributed by atoms with Crippen molar-refractivity contribution in [2.45, 2.75) is 38.1 Å². The Morgan fingerprint density at radius 3 is 2.61 bits per heavy atom. The van der Waals surface area contributed by atoms with Gasteiger partial charge in [-0.15, -0.1) is 0 Å². The smallest absolute Gasteiger partial charge is 0.339 e. The number of hydrogen-bond acceptors (Lipinski definition) is 8. The van der Waals surface area contributed by atoms with Crippen LogP contribution in [0.15, 0.2) is 41.7 Å². The van der Waals surface area contributed by atoms with Gasteiger partial charge < -0.3 is 20.1 Å². The third-order valence-electron chi connectivity index (χ3n) is 4.57. The highest BCUT2D eigenvalue weighted by atomic mass is 32.2. The first-order chi connectivity index (χ1) is 14.8. The van der Waals surface area contributed by atoms with Crippen LogP contribution in [0.25, 0.3) is 10.8 Å². The van der Waals surface area contributed by atoms with Gasteiger partial charge in [0.25, 0.3) is 0 Å². The number of esters is 1. The molecular formula is C23H28N4O3S. The van der Waals surface area contributed by atoms with Gasteiger partial charge in [0.15, 0.2) is 5.16 Å². The van der Waals surface area contributed by atoms with E-state index in [0.29, 0.717) is 28.4 Å². The largest absolute Gasteiger partial charge is 0.496 e. The van der Waals surface area contributed by atoms with Gasteiger partial charge in [0.2, 0.25) is 0 Å². The lowest BCUT2D eigenvalue weighted by molar-refractivity contribution is 0.00716. The topological polar surface area (TPSA) is 85.4 Å². The maximum absolute atomic E-state index is 12.9. The predicted molar refractivity (Wildman–Crippen MR) is 126 cm³/mol. The van der Waals surface area contributed by atoms with E-state index in [1.807, 2.05) is 64.5 Å². The number of benzene rings is 2. The number of methoxy groups -OCH3 is 1. The highest BCUT2D eigenvalue weighted by Crippen LogP contribution is 2.35. The Morgan fingerprint density at radius 2 is 1.97 bits per heavy atom. The first kappa shape index (κ1) is 22.7. The summed E-state index contributed by atoms with van der Waals surface area (Å²) in [5.41, 5.74) is 1.69. The van der Waals surface area contributed by atoms with Crippen molar-refractivity contribution in [2.24, 2.45) is 0 Å². The quantitative estimate of drug-likeness (QED) is 0.303. The normalized spacial score (nSPS) is 11.3. The summed E-state index contributed by atoms with van der Waals surface area (Å²) in [5, 5.41) is 8.87. The molecule has 0 bridgehead atoms. The Bertz CT molecular complexity index is 1100. The van der Waals surface area contributed by atoms with Gasteiger partial charge in [-0.3, -0.25) is 0 Å². The summed E-state index contributed by atoms with van der Waals surface area (Å²) >= 11 is 1.50. The fourth-order valence-electron chi connectivity index (χ4n) is 3.23. The molecule has 0 atom stereocenters. The summed E-state index contributed by atoms with van der Waals surface area (Å²) < 4.78 is 11.2. The SMILES string of the molecule is CNc1nc(SC)ncc1CNc1ccc(C(=O)OC(C)(C)C)c2c(OC)cccc12. The van der Waals surface area contributed by atoms with Crippen LogP contribution in [0, 0.1) is 0 Å². The van der Waals surface area contributed by atoms with Gasteiger partial charge in [-0.1, -0.05) is 23.9 Å². The molecule has 8 heteroatoms. The summed E-state index contributed by atoms with van der Waals surface area (Å²) in [6.07, 6.45) is 3.76. The number of hydrogen-bond donors (Lipinski definition) is 2. The van der Waals surface area contributed by atoms with Crippen molar-refractivity contribution in [3.8, 4) is 5.75 Å². The molecule has 0 saturated carbocycles. The van der Waals surface area contributed by atoms with E-state index in [1.165, 1.54) is 11.8 Å². The second-order valence-corrected chi connectivity index (χ2v) is 8.65. The second-order valence-electron chi connectivity index (χ2n) is 7.88. The number of nitrogens with one attached hydrogen (secondary N) is 2. The maximum atomic E-state index is 12.9. The average Bonchev–Trinajstić information content (AvgIpc) is 2.75. The number of rotatable bonds is 7. The number of thioether (sulfide) groups is 1. The minimum Gasteiger partial charge on any atom is -0.496 e. The van der Waals surface area contributed by atoms with E-state index in [9.17, 15) is 4.79 Å². The van der Waals surface area contributed by atoms with E-state index in [-0.39, 0.29) is 5.97 Å². The van der Waals surface area contributed by atoms with Crippen molar-refractivity contribution >= 4 is 40.0 Å². The fraction of sp³-hybridized carbons (Fsp3) is 0.348. The highest BCUT2D eigenvalue weighted by molar-refractivity contribution is 7.98. The van der Waals surface area contributed by atoms with E-state index in [1.54, 1.807) is 13.2 Å². The molecule has 3 aromatic rings. The van der Waals surface area contributed by atoms with Crippen molar-refractivity contribution in [1.29, 1.82) is 0 Å². The number of fused-ring (bicyclic) bond motifs is 1. The molecule has 1 aromatic heterocycles. The summed E-state index contributed by atoms with van der Waals surface area (Å²) in [6, 6.07) is 9.36. The van der Waals surface area contributed by atoms with E-state index in [2.05, 4.69) is 20.6 Å². The molecule has 0 radical (unpaired) electrons. The number of ether oxygens (including phenoxy) is 2. The van der Waals surface area contributed by atoms with Crippen LogP contribution in [-0.4, -0.2) is 42.0 Å². The predicted octanol–water partition coefficient (Wildman–Crippen LogP) is 4.97. The number of nitrogens with zero attached hydrogens (tertiary/aromatic N) is 2. The summed E-state index contributed by atoms with van der Waals surface area (Å²) in [4.78, 5) is 21.7. The van der Waals surface area contributed by atoms with Crippen LogP contribution in [0.3, 0.4) is 0 Å². The van der Waals surface area contributed by atoms with E-state index in [0.717, 1.165) is 22.5 Å². The van der Waals surface area contributed by atoms with Crippen molar-refractivity contribution in [3.63, 3.8) is 0 Å². The lowest BCUT2D eigenvalue weighted by Crippen LogP contribution is -2.24. The van der Waals surface area contributed by atoms with Crippen molar-refractivity contribution in [1.82, 2.24) is 9.97 Å². The van der Waals surface area contributed by atoms with Crippen LogP contribution < -0.4 is 15.4 Å². The molecule has 1 heterocycles. The molecule has 0 aliphatic rings. The van der Waals surface area contributed by atoms with Gasteiger partial charge in [-0.05, 0) is 45.2 Å². The lowest BCUT2D eigenvalue weighted by atomic mass is 10.0. The van der Waals surface area contributed by atoms with Gasteiger partial charge in [0.1, 0.15) is 17.2 Å². The van der Waals surface area contributed by atoms with E-state index in [4.69, 9.17) is 9.47 Å². The van der Waals surface area contributed by atoms with Crippen LogP contribution in [0.1, 0.15) is 36.7 Å². The minimum absolute atomic E-state index is 0.382. The molecule has 0 unspecified atom stereocenters. The molecule has 2 N–H and O–H groups in total. The standard InChI is InChI=1S/C23H28N4O3S/c1-23(2,3)30-21(28)16-10-11-17(15-8-7-9-18(29-5)19(15)16)25-12-14-13-26-22(31-6)27-20(14)24-4/h7-11,13,25H,12H2,1-6H3,(H,24,26,27). The van der Waals surface area contributed by atoms with Gasteiger partial charge in [0.05, 0.1) is 12.7 Å². The fourth-order valence-corrected chi connectivity index (χ4v) is 3.57. The molecule has 0 aliphatic heterocycles. The van der Waals surface area contributed by atoms with Crippen LogP contribution in [0.4, 0.5) is 11.5 Å². The Hall–Kier alpha value is -3.00. The maximum Gasteiger partial charge on any atom is 0.339 e. The second kappa shape index (κ2) is 9.43. The number of aromatic nitrogens is 2. The molecule has 164 valence electrons.